The molecule has 0 spiro atoms. The topological polar surface area (TPSA) is 79.5 Å². The molecule has 1 atom stereocenters. The van der Waals surface area contributed by atoms with Crippen LogP contribution in [0.15, 0.2) is 36.4 Å². The Morgan fingerprint density at radius 1 is 1.07 bits per heavy atom. The molecule has 6 nitrogen and oxygen atoms in total. The van der Waals surface area contributed by atoms with Crippen LogP contribution in [0.1, 0.15) is 25.5 Å². The minimum atomic E-state index is -0.940. The highest BCUT2D eigenvalue weighted by Crippen LogP contribution is 2.27. The number of hydrogen-bond donors (Lipinski definition) is 3. The molecule has 27 heavy (non-hydrogen) atoms. The van der Waals surface area contributed by atoms with Crippen molar-refractivity contribution in [1.82, 2.24) is 5.32 Å². The third-order valence-corrected chi connectivity index (χ3v) is 3.81. The Morgan fingerprint density at radius 3 is 2.44 bits per heavy atom. The van der Waals surface area contributed by atoms with Crippen molar-refractivity contribution in [3.05, 3.63) is 53.6 Å². The van der Waals surface area contributed by atoms with Crippen molar-refractivity contribution < 1.29 is 23.1 Å². The zero-order valence-electron chi connectivity index (χ0n) is 15.2. The average Bonchev–Trinajstić information content (AvgIpc) is 2.61. The van der Waals surface area contributed by atoms with Gasteiger partial charge in [0.2, 0.25) is 11.8 Å². The number of halogens is 2. The van der Waals surface area contributed by atoms with Crippen LogP contribution in [0.2, 0.25) is 0 Å². The first-order chi connectivity index (χ1) is 12.8. The largest absolute Gasteiger partial charge is 0.495 e. The maximum atomic E-state index is 13.3. The van der Waals surface area contributed by atoms with E-state index in [-0.39, 0.29) is 24.4 Å². The molecule has 0 heterocycles. The standard InChI is InChI=1S/C19H21F2N3O3/c1-11(13-4-6-15(20)16(21)8-13)22-10-19(26)24-17-9-14(23-12(2)25)5-7-18(17)27-3/h4-9,11,22H,10H2,1-3H3,(H,23,25)(H,24,26). The third kappa shape index (κ3) is 5.75. The molecule has 3 N–H and O–H groups in total. The van der Waals surface area contributed by atoms with Crippen molar-refractivity contribution in [1.29, 1.82) is 0 Å². The summed E-state index contributed by atoms with van der Waals surface area (Å²) in [6.07, 6.45) is 0. The van der Waals surface area contributed by atoms with Crippen LogP contribution in [0.4, 0.5) is 20.2 Å². The summed E-state index contributed by atoms with van der Waals surface area (Å²) in [7, 11) is 1.46. The van der Waals surface area contributed by atoms with Gasteiger partial charge in [-0.25, -0.2) is 8.78 Å². The van der Waals surface area contributed by atoms with Crippen LogP contribution in [0.25, 0.3) is 0 Å². The third-order valence-electron chi connectivity index (χ3n) is 3.81. The van der Waals surface area contributed by atoms with Crippen LogP contribution in [-0.2, 0) is 9.59 Å². The van der Waals surface area contributed by atoms with Crippen LogP contribution in [0, 0.1) is 11.6 Å². The molecule has 0 aromatic heterocycles. The van der Waals surface area contributed by atoms with E-state index < -0.39 is 11.6 Å². The van der Waals surface area contributed by atoms with Gasteiger partial charge in [-0.1, -0.05) is 6.07 Å². The van der Waals surface area contributed by atoms with Crippen molar-refractivity contribution in [2.24, 2.45) is 0 Å². The van der Waals surface area contributed by atoms with Crippen LogP contribution in [-0.4, -0.2) is 25.5 Å². The van der Waals surface area contributed by atoms with Gasteiger partial charge >= 0.3 is 0 Å². The molecule has 0 aliphatic rings. The first-order valence-corrected chi connectivity index (χ1v) is 8.24. The van der Waals surface area contributed by atoms with Crippen molar-refractivity contribution in [2.45, 2.75) is 19.9 Å². The average molecular weight is 377 g/mol. The molecule has 2 amide bonds. The molecule has 2 rings (SSSR count). The van der Waals surface area contributed by atoms with Crippen LogP contribution < -0.4 is 20.7 Å². The van der Waals surface area contributed by atoms with E-state index in [1.807, 2.05) is 0 Å². The summed E-state index contributed by atoms with van der Waals surface area (Å²) < 4.78 is 31.5. The Labute approximate surface area is 155 Å². The van der Waals surface area contributed by atoms with Gasteiger partial charge in [-0.15, -0.1) is 0 Å². The maximum absolute atomic E-state index is 13.3. The van der Waals surface area contributed by atoms with Crippen molar-refractivity contribution in [3.8, 4) is 5.75 Å². The number of methoxy groups -OCH3 is 1. The summed E-state index contributed by atoms with van der Waals surface area (Å²) in [5, 5.41) is 8.25. The van der Waals surface area contributed by atoms with E-state index in [9.17, 15) is 18.4 Å². The summed E-state index contributed by atoms with van der Waals surface area (Å²) in [5.41, 5.74) is 1.43. The fraction of sp³-hybridized carbons (Fsp3) is 0.263. The molecule has 0 fully saturated rings. The van der Waals surface area contributed by atoms with E-state index >= 15 is 0 Å². The monoisotopic (exact) mass is 377 g/mol. The van der Waals surface area contributed by atoms with Crippen LogP contribution in [0.3, 0.4) is 0 Å². The Bertz CT molecular complexity index is 843. The van der Waals surface area contributed by atoms with Gasteiger partial charge < -0.3 is 20.7 Å². The summed E-state index contributed by atoms with van der Waals surface area (Å²) in [6.45, 7) is 3.05. The predicted octanol–water partition coefficient (Wildman–Crippen LogP) is 3.22. The van der Waals surface area contributed by atoms with Gasteiger partial charge in [0.05, 0.1) is 19.3 Å². The second-order valence-electron chi connectivity index (χ2n) is 5.92. The molecule has 1 unspecified atom stereocenters. The van der Waals surface area contributed by atoms with Crippen molar-refractivity contribution >= 4 is 23.2 Å². The molecule has 0 bridgehead atoms. The normalized spacial score (nSPS) is 11.6. The lowest BCUT2D eigenvalue weighted by Gasteiger charge is -2.16. The predicted molar refractivity (Wildman–Crippen MR) is 98.7 cm³/mol. The molecule has 0 aliphatic heterocycles. The maximum Gasteiger partial charge on any atom is 0.238 e. The molecule has 0 aliphatic carbocycles. The van der Waals surface area contributed by atoms with Crippen LogP contribution >= 0.6 is 0 Å². The van der Waals surface area contributed by atoms with Gasteiger partial charge in [0.25, 0.3) is 0 Å². The number of anilines is 2. The van der Waals surface area contributed by atoms with Crippen molar-refractivity contribution in [3.63, 3.8) is 0 Å². The molecule has 0 saturated carbocycles. The van der Waals surface area contributed by atoms with E-state index in [1.54, 1.807) is 25.1 Å². The summed E-state index contributed by atoms with van der Waals surface area (Å²) in [6, 6.07) is 8.08. The zero-order chi connectivity index (χ0) is 20.0. The van der Waals surface area contributed by atoms with E-state index in [1.165, 1.54) is 20.1 Å². The molecular formula is C19H21F2N3O3. The minimum Gasteiger partial charge on any atom is -0.495 e. The van der Waals surface area contributed by atoms with Gasteiger partial charge in [-0.2, -0.15) is 0 Å². The molecular weight excluding hydrogens is 356 g/mol. The highest BCUT2D eigenvalue weighted by Gasteiger charge is 2.13. The van der Waals surface area contributed by atoms with E-state index in [4.69, 9.17) is 4.74 Å². The molecule has 0 radical (unpaired) electrons. The number of carbonyl (C=O) groups is 2. The highest BCUT2D eigenvalue weighted by molar-refractivity contribution is 5.95. The number of amides is 2. The van der Waals surface area contributed by atoms with Gasteiger partial charge in [0, 0.05) is 18.7 Å². The Hall–Kier alpha value is -3.00. The molecule has 2 aromatic carbocycles. The van der Waals surface area contributed by atoms with Gasteiger partial charge in [0.1, 0.15) is 5.75 Å². The fourth-order valence-electron chi connectivity index (χ4n) is 2.43. The van der Waals surface area contributed by atoms with E-state index in [0.29, 0.717) is 22.7 Å². The second kappa shape index (κ2) is 9.09. The summed E-state index contributed by atoms with van der Waals surface area (Å²) in [4.78, 5) is 23.4. The first-order valence-electron chi connectivity index (χ1n) is 8.24. The quantitative estimate of drug-likeness (QED) is 0.692. The van der Waals surface area contributed by atoms with E-state index in [2.05, 4.69) is 16.0 Å². The van der Waals surface area contributed by atoms with Crippen molar-refractivity contribution in [2.75, 3.05) is 24.3 Å². The first kappa shape index (κ1) is 20.3. The Morgan fingerprint density at radius 2 is 1.81 bits per heavy atom. The number of hydrogen-bond acceptors (Lipinski definition) is 4. The number of rotatable bonds is 7. The fourth-order valence-corrected chi connectivity index (χ4v) is 2.43. The van der Waals surface area contributed by atoms with Gasteiger partial charge in [-0.05, 0) is 42.8 Å². The zero-order valence-corrected chi connectivity index (χ0v) is 15.2. The summed E-state index contributed by atoms with van der Waals surface area (Å²) in [5.74, 6) is -2.02. The lowest BCUT2D eigenvalue weighted by atomic mass is 10.1. The molecule has 2 aromatic rings. The highest BCUT2D eigenvalue weighted by atomic mass is 19.2. The van der Waals surface area contributed by atoms with E-state index in [0.717, 1.165) is 12.1 Å². The van der Waals surface area contributed by atoms with Gasteiger partial charge in [-0.3, -0.25) is 9.59 Å². The SMILES string of the molecule is COc1ccc(NC(C)=O)cc1NC(=O)CNC(C)c1ccc(F)c(F)c1. The van der Waals surface area contributed by atoms with Gasteiger partial charge in [0.15, 0.2) is 11.6 Å². The Kier molecular flexibility index (Phi) is 6.84. The Balaban J connectivity index is 2.00. The second-order valence-corrected chi connectivity index (χ2v) is 5.92. The minimum absolute atomic E-state index is 0.0618. The number of carbonyl (C=O) groups excluding carboxylic acids is 2. The molecule has 144 valence electrons. The number of benzene rings is 2. The van der Waals surface area contributed by atoms with Crippen LogP contribution in [0.5, 0.6) is 5.75 Å². The lowest BCUT2D eigenvalue weighted by Crippen LogP contribution is -2.30. The smallest absolute Gasteiger partial charge is 0.238 e. The molecule has 8 heteroatoms. The molecule has 0 saturated heterocycles. The number of ether oxygens (including phenoxy) is 1. The number of nitrogens with one attached hydrogen (secondary N) is 3. The summed E-state index contributed by atoms with van der Waals surface area (Å²) >= 11 is 0. The lowest BCUT2D eigenvalue weighted by molar-refractivity contribution is -0.115.